The maximum absolute atomic E-state index is 13.4. The summed E-state index contributed by atoms with van der Waals surface area (Å²) in [6, 6.07) is 6.44. The Balaban J connectivity index is 1.64. The molecule has 0 unspecified atom stereocenters. The number of anilines is 1. The van der Waals surface area contributed by atoms with Crippen molar-refractivity contribution in [2.75, 3.05) is 11.9 Å². The molecule has 0 fully saturated rings. The number of nitrogens with one attached hydrogen (secondary N) is 1. The lowest BCUT2D eigenvalue weighted by molar-refractivity contribution is -0.123. The van der Waals surface area contributed by atoms with Crippen LogP contribution in [0.3, 0.4) is 0 Å². The van der Waals surface area contributed by atoms with Crippen molar-refractivity contribution in [1.82, 2.24) is 9.97 Å². The van der Waals surface area contributed by atoms with Gasteiger partial charge < -0.3 is 9.47 Å². The Labute approximate surface area is 174 Å². The largest absolute Gasteiger partial charge is 0.477 e. The summed E-state index contributed by atoms with van der Waals surface area (Å²) in [4.78, 5) is 32.9. The minimum atomic E-state index is -1.12. The van der Waals surface area contributed by atoms with Gasteiger partial charge in [0, 0.05) is 17.1 Å². The lowest BCUT2D eigenvalue weighted by atomic mass is 10.2. The number of aromatic nitrogens is 2. The molecule has 10 heteroatoms. The van der Waals surface area contributed by atoms with Gasteiger partial charge in [0.1, 0.15) is 5.56 Å². The molecule has 7 nitrogen and oxygen atoms in total. The van der Waals surface area contributed by atoms with Crippen molar-refractivity contribution in [2.45, 2.75) is 20.0 Å². The fraction of sp³-hybridized carbons (Fsp3) is 0.200. The predicted molar refractivity (Wildman–Crippen MR) is 106 cm³/mol. The highest BCUT2D eigenvalue weighted by molar-refractivity contribution is 7.14. The smallest absolute Gasteiger partial charge is 0.344 e. The first-order valence-corrected chi connectivity index (χ1v) is 9.77. The fourth-order valence-corrected chi connectivity index (χ4v) is 3.12. The zero-order chi connectivity index (χ0) is 21.7. The van der Waals surface area contributed by atoms with E-state index in [4.69, 9.17) is 9.47 Å². The van der Waals surface area contributed by atoms with E-state index in [1.165, 1.54) is 25.3 Å². The molecule has 0 saturated carbocycles. The lowest BCUT2D eigenvalue weighted by Crippen LogP contribution is -2.30. The number of esters is 1. The zero-order valence-corrected chi connectivity index (χ0v) is 16.8. The van der Waals surface area contributed by atoms with Crippen LogP contribution in [0.5, 0.6) is 5.88 Å². The number of pyridine rings is 1. The SMILES string of the molecule is CCOc1ncccc1C(=O)O[C@@H](C)C(=O)Nc1nc(-c2ccc(F)c(F)c2)cs1. The van der Waals surface area contributed by atoms with E-state index in [2.05, 4.69) is 15.3 Å². The molecule has 30 heavy (non-hydrogen) atoms. The Kier molecular flexibility index (Phi) is 6.68. The normalized spacial score (nSPS) is 11.6. The summed E-state index contributed by atoms with van der Waals surface area (Å²) in [5, 5.41) is 4.34. The molecule has 0 saturated heterocycles. The Morgan fingerprint density at radius 1 is 1.23 bits per heavy atom. The molecule has 2 aromatic heterocycles. The van der Waals surface area contributed by atoms with E-state index in [1.54, 1.807) is 18.4 Å². The lowest BCUT2D eigenvalue weighted by Gasteiger charge is -2.13. The number of nitrogens with zero attached hydrogens (tertiary/aromatic N) is 2. The molecule has 0 aliphatic carbocycles. The maximum atomic E-state index is 13.4. The first-order valence-electron chi connectivity index (χ1n) is 8.89. The van der Waals surface area contributed by atoms with Crippen LogP contribution in [-0.2, 0) is 9.53 Å². The van der Waals surface area contributed by atoms with Gasteiger partial charge in [-0.05, 0) is 44.2 Å². The van der Waals surface area contributed by atoms with Gasteiger partial charge in [0.05, 0.1) is 12.3 Å². The van der Waals surface area contributed by atoms with E-state index in [9.17, 15) is 18.4 Å². The Bertz CT molecular complexity index is 1070. The number of benzene rings is 1. The first-order chi connectivity index (χ1) is 14.4. The van der Waals surface area contributed by atoms with Crippen molar-refractivity contribution in [3.63, 3.8) is 0 Å². The van der Waals surface area contributed by atoms with Crippen LogP contribution in [-0.4, -0.2) is 34.6 Å². The second-order valence-electron chi connectivity index (χ2n) is 5.99. The van der Waals surface area contributed by atoms with E-state index in [0.717, 1.165) is 23.5 Å². The third kappa shape index (κ3) is 4.95. The highest BCUT2D eigenvalue weighted by Crippen LogP contribution is 2.26. The quantitative estimate of drug-likeness (QED) is 0.565. The van der Waals surface area contributed by atoms with Crippen LogP contribution in [0.2, 0.25) is 0 Å². The van der Waals surface area contributed by atoms with E-state index in [1.807, 2.05) is 0 Å². The number of ether oxygens (including phenoxy) is 2. The van der Waals surface area contributed by atoms with Crippen LogP contribution in [0.25, 0.3) is 11.3 Å². The van der Waals surface area contributed by atoms with Crippen molar-refractivity contribution in [3.8, 4) is 17.1 Å². The summed E-state index contributed by atoms with van der Waals surface area (Å²) >= 11 is 1.09. The molecular weight excluding hydrogens is 416 g/mol. The molecule has 1 atom stereocenters. The standard InChI is InChI=1S/C20H17F2N3O4S/c1-3-28-18-13(5-4-8-23-18)19(27)29-11(2)17(26)25-20-24-16(10-30-20)12-6-7-14(21)15(22)9-12/h4-11H,3H2,1-2H3,(H,24,25,26)/t11-/m0/s1. The van der Waals surface area contributed by atoms with Crippen LogP contribution in [0.4, 0.5) is 13.9 Å². The van der Waals surface area contributed by atoms with Gasteiger partial charge in [-0.15, -0.1) is 11.3 Å². The van der Waals surface area contributed by atoms with Crippen LogP contribution in [0.1, 0.15) is 24.2 Å². The Morgan fingerprint density at radius 2 is 2.03 bits per heavy atom. The second kappa shape index (κ2) is 9.40. The summed E-state index contributed by atoms with van der Waals surface area (Å²) in [5.74, 6) is -3.19. The van der Waals surface area contributed by atoms with E-state index >= 15 is 0 Å². The number of hydrogen-bond acceptors (Lipinski definition) is 7. The minimum Gasteiger partial charge on any atom is -0.477 e. The number of halogens is 2. The van der Waals surface area contributed by atoms with Crippen molar-refractivity contribution in [3.05, 3.63) is 59.1 Å². The average Bonchev–Trinajstić information content (AvgIpc) is 3.19. The van der Waals surface area contributed by atoms with Gasteiger partial charge in [0.15, 0.2) is 22.9 Å². The summed E-state index contributed by atoms with van der Waals surface area (Å²) in [6.07, 6.45) is 0.355. The van der Waals surface area contributed by atoms with Crippen molar-refractivity contribution < 1.29 is 27.8 Å². The van der Waals surface area contributed by atoms with Crippen LogP contribution in [0.15, 0.2) is 41.9 Å². The highest BCUT2D eigenvalue weighted by Gasteiger charge is 2.23. The highest BCUT2D eigenvalue weighted by atomic mass is 32.1. The topological polar surface area (TPSA) is 90.4 Å². The third-order valence-corrected chi connectivity index (χ3v) is 4.63. The second-order valence-corrected chi connectivity index (χ2v) is 6.85. The monoisotopic (exact) mass is 433 g/mol. The molecule has 0 aliphatic rings. The molecule has 1 amide bonds. The molecule has 0 spiro atoms. The third-order valence-electron chi connectivity index (χ3n) is 3.87. The number of carbonyl (C=O) groups is 2. The number of amides is 1. The molecule has 3 rings (SSSR count). The first kappa shape index (κ1) is 21.3. The average molecular weight is 433 g/mol. The zero-order valence-electron chi connectivity index (χ0n) is 16.0. The Morgan fingerprint density at radius 3 is 2.77 bits per heavy atom. The molecule has 3 aromatic rings. The molecule has 2 heterocycles. The molecule has 0 radical (unpaired) electrons. The van der Waals surface area contributed by atoms with Crippen molar-refractivity contribution >= 4 is 28.3 Å². The van der Waals surface area contributed by atoms with Crippen molar-refractivity contribution in [1.29, 1.82) is 0 Å². The Hall–Kier alpha value is -3.40. The van der Waals surface area contributed by atoms with E-state index in [-0.39, 0.29) is 16.6 Å². The van der Waals surface area contributed by atoms with E-state index in [0.29, 0.717) is 17.9 Å². The van der Waals surface area contributed by atoms with Gasteiger partial charge in [-0.1, -0.05) is 0 Å². The maximum Gasteiger partial charge on any atom is 0.344 e. The minimum absolute atomic E-state index is 0.105. The summed E-state index contributed by atoms with van der Waals surface area (Å²) < 4.78 is 36.9. The van der Waals surface area contributed by atoms with Gasteiger partial charge >= 0.3 is 5.97 Å². The fourth-order valence-electron chi connectivity index (χ4n) is 2.40. The van der Waals surface area contributed by atoms with Crippen LogP contribution >= 0.6 is 11.3 Å². The van der Waals surface area contributed by atoms with Gasteiger partial charge in [0.25, 0.3) is 5.91 Å². The number of carbonyl (C=O) groups excluding carboxylic acids is 2. The van der Waals surface area contributed by atoms with E-state index < -0.39 is 29.6 Å². The van der Waals surface area contributed by atoms with Crippen molar-refractivity contribution in [2.24, 2.45) is 0 Å². The number of rotatable bonds is 7. The molecule has 1 aromatic carbocycles. The molecule has 0 aliphatic heterocycles. The number of hydrogen-bond donors (Lipinski definition) is 1. The molecular formula is C20H17F2N3O4S. The van der Waals surface area contributed by atoms with Gasteiger partial charge in [0.2, 0.25) is 5.88 Å². The van der Waals surface area contributed by atoms with Gasteiger partial charge in [-0.3, -0.25) is 10.1 Å². The van der Waals surface area contributed by atoms with Gasteiger partial charge in [-0.2, -0.15) is 0 Å². The summed E-state index contributed by atoms with van der Waals surface area (Å²) in [5.41, 5.74) is 0.842. The van der Waals surface area contributed by atoms with Gasteiger partial charge in [-0.25, -0.2) is 23.5 Å². The van der Waals surface area contributed by atoms with Crippen LogP contribution in [0, 0.1) is 11.6 Å². The predicted octanol–water partition coefficient (Wildman–Crippen LogP) is 4.07. The molecule has 0 bridgehead atoms. The summed E-state index contributed by atoms with van der Waals surface area (Å²) in [6.45, 7) is 3.48. The number of thiazole rings is 1. The summed E-state index contributed by atoms with van der Waals surface area (Å²) in [7, 11) is 0. The van der Waals surface area contributed by atoms with Crippen LogP contribution < -0.4 is 10.1 Å². The molecule has 1 N–H and O–H groups in total. The molecule has 156 valence electrons.